The van der Waals surface area contributed by atoms with Crippen molar-refractivity contribution in [1.29, 1.82) is 0 Å². The van der Waals surface area contributed by atoms with E-state index in [1.165, 1.54) is 10.8 Å². The number of hydrogen-bond donors (Lipinski definition) is 0. The molecule has 1 aromatic rings. The van der Waals surface area contributed by atoms with E-state index in [0.29, 0.717) is 23.3 Å². The lowest BCUT2D eigenvalue weighted by Gasteiger charge is -2.09. The summed E-state index contributed by atoms with van der Waals surface area (Å²) in [4.78, 5) is 15.8. The molecule has 0 N–H and O–H groups in total. The number of aryl methyl sites for hydroxylation is 1. The summed E-state index contributed by atoms with van der Waals surface area (Å²) < 4.78 is 24.5. The molecule has 0 unspecified atom stereocenters. The third kappa shape index (κ3) is 3.92. The summed E-state index contributed by atoms with van der Waals surface area (Å²) in [6.45, 7) is 3.71. The Kier molecular flexibility index (Phi) is 4.88. The van der Waals surface area contributed by atoms with Crippen LogP contribution in [0.2, 0.25) is 0 Å². The van der Waals surface area contributed by atoms with Crippen LogP contribution in [0.1, 0.15) is 19.2 Å². The normalized spacial score (nSPS) is 11.7. The first-order chi connectivity index (χ1) is 7.87. The fraction of sp³-hybridized carbons (Fsp3) is 0.600. The van der Waals surface area contributed by atoms with Crippen molar-refractivity contribution in [2.45, 2.75) is 26.8 Å². The van der Waals surface area contributed by atoms with Crippen LogP contribution in [-0.4, -0.2) is 29.5 Å². The Morgan fingerprint density at radius 1 is 1.47 bits per heavy atom. The summed E-state index contributed by atoms with van der Waals surface area (Å²) in [5.74, 6) is 0.826. The SMILES string of the molecule is CCS(=O)(=O)CCCn1c(C)ncc(Br)c1=O. The van der Waals surface area contributed by atoms with Gasteiger partial charge in [-0.2, -0.15) is 0 Å². The first-order valence-electron chi connectivity index (χ1n) is 5.29. The minimum atomic E-state index is -2.97. The van der Waals surface area contributed by atoms with Crippen LogP contribution in [-0.2, 0) is 16.4 Å². The summed E-state index contributed by atoms with van der Waals surface area (Å²) in [6, 6.07) is 0. The highest BCUT2D eigenvalue weighted by Gasteiger charge is 2.09. The molecule has 5 nitrogen and oxygen atoms in total. The van der Waals surface area contributed by atoms with Gasteiger partial charge in [0.05, 0.1) is 5.75 Å². The van der Waals surface area contributed by atoms with Gasteiger partial charge in [0.2, 0.25) is 0 Å². The molecule has 0 atom stereocenters. The van der Waals surface area contributed by atoms with E-state index >= 15 is 0 Å². The van der Waals surface area contributed by atoms with Gasteiger partial charge in [0.25, 0.3) is 5.56 Å². The second-order valence-corrected chi connectivity index (χ2v) is 7.03. The molecular formula is C10H15BrN2O3S. The Labute approximate surface area is 109 Å². The molecule has 0 fully saturated rings. The lowest BCUT2D eigenvalue weighted by molar-refractivity contribution is 0.577. The van der Waals surface area contributed by atoms with Gasteiger partial charge in [0.15, 0.2) is 0 Å². The van der Waals surface area contributed by atoms with Gasteiger partial charge in [-0.3, -0.25) is 9.36 Å². The van der Waals surface area contributed by atoms with Crippen molar-refractivity contribution in [3.63, 3.8) is 0 Å². The molecule has 17 heavy (non-hydrogen) atoms. The fourth-order valence-corrected chi connectivity index (χ4v) is 2.58. The maximum absolute atomic E-state index is 11.7. The molecule has 0 saturated heterocycles. The number of aromatic nitrogens is 2. The Bertz CT molecular complexity index is 551. The standard InChI is InChI=1S/C10H15BrN2O3S/c1-3-17(15,16)6-4-5-13-8(2)12-7-9(11)10(13)14/h7H,3-6H2,1-2H3. The average molecular weight is 323 g/mol. The van der Waals surface area contributed by atoms with Crippen LogP contribution in [0.4, 0.5) is 0 Å². The van der Waals surface area contributed by atoms with Gasteiger partial charge in [-0.05, 0) is 29.3 Å². The molecule has 0 aliphatic carbocycles. The summed E-state index contributed by atoms with van der Waals surface area (Å²) >= 11 is 3.11. The predicted molar refractivity (Wildman–Crippen MR) is 69.9 cm³/mol. The molecule has 0 aliphatic heterocycles. The first kappa shape index (κ1) is 14.4. The van der Waals surface area contributed by atoms with Crippen LogP contribution in [0.3, 0.4) is 0 Å². The second kappa shape index (κ2) is 5.77. The van der Waals surface area contributed by atoms with Crippen molar-refractivity contribution in [3.05, 3.63) is 26.8 Å². The zero-order valence-corrected chi connectivity index (χ0v) is 12.2. The molecule has 0 aromatic carbocycles. The molecule has 1 heterocycles. The van der Waals surface area contributed by atoms with Gasteiger partial charge < -0.3 is 0 Å². The fourth-order valence-electron chi connectivity index (χ4n) is 1.40. The zero-order chi connectivity index (χ0) is 13.1. The van der Waals surface area contributed by atoms with E-state index in [9.17, 15) is 13.2 Å². The Morgan fingerprint density at radius 2 is 2.12 bits per heavy atom. The van der Waals surface area contributed by atoms with Gasteiger partial charge in [-0.1, -0.05) is 6.92 Å². The van der Waals surface area contributed by atoms with Gasteiger partial charge in [-0.25, -0.2) is 13.4 Å². The molecule has 96 valence electrons. The molecule has 1 rings (SSSR count). The summed E-state index contributed by atoms with van der Waals surface area (Å²) in [5, 5.41) is 0. The molecule has 7 heteroatoms. The van der Waals surface area contributed by atoms with Crippen LogP contribution >= 0.6 is 15.9 Å². The van der Waals surface area contributed by atoms with Crippen molar-refractivity contribution >= 4 is 25.8 Å². The molecule has 0 saturated carbocycles. The minimum Gasteiger partial charge on any atom is -0.296 e. The van der Waals surface area contributed by atoms with Crippen LogP contribution in [0.25, 0.3) is 0 Å². The third-order valence-electron chi connectivity index (χ3n) is 2.48. The molecule has 0 aliphatic rings. The average Bonchev–Trinajstić information content (AvgIpc) is 2.28. The minimum absolute atomic E-state index is 0.0991. The Balaban J connectivity index is 2.77. The lowest BCUT2D eigenvalue weighted by Crippen LogP contribution is -2.25. The van der Waals surface area contributed by atoms with E-state index in [-0.39, 0.29) is 17.1 Å². The maximum Gasteiger partial charge on any atom is 0.267 e. The van der Waals surface area contributed by atoms with Crippen molar-refractivity contribution in [1.82, 2.24) is 9.55 Å². The maximum atomic E-state index is 11.7. The number of nitrogens with zero attached hydrogens (tertiary/aromatic N) is 2. The highest BCUT2D eigenvalue weighted by atomic mass is 79.9. The highest BCUT2D eigenvalue weighted by Crippen LogP contribution is 2.03. The van der Waals surface area contributed by atoms with Crippen molar-refractivity contribution in [2.24, 2.45) is 0 Å². The molecular weight excluding hydrogens is 308 g/mol. The second-order valence-electron chi connectivity index (χ2n) is 3.70. The van der Waals surface area contributed by atoms with E-state index in [4.69, 9.17) is 0 Å². The number of sulfone groups is 1. The highest BCUT2D eigenvalue weighted by molar-refractivity contribution is 9.10. The summed E-state index contributed by atoms with van der Waals surface area (Å²) in [6.07, 6.45) is 1.88. The first-order valence-corrected chi connectivity index (χ1v) is 7.91. The summed E-state index contributed by atoms with van der Waals surface area (Å²) in [7, 11) is -2.97. The number of rotatable bonds is 5. The molecule has 0 bridgehead atoms. The topological polar surface area (TPSA) is 69.0 Å². The van der Waals surface area contributed by atoms with Crippen LogP contribution in [0.15, 0.2) is 15.5 Å². The van der Waals surface area contributed by atoms with Crippen LogP contribution in [0, 0.1) is 6.92 Å². The molecule has 1 aromatic heterocycles. The largest absolute Gasteiger partial charge is 0.296 e. The Hall–Kier alpha value is -0.690. The van der Waals surface area contributed by atoms with Crippen molar-refractivity contribution < 1.29 is 8.42 Å². The van der Waals surface area contributed by atoms with Crippen molar-refractivity contribution in [2.75, 3.05) is 11.5 Å². The molecule has 0 radical (unpaired) electrons. The number of hydrogen-bond acceptors (Lipinski definition) is 4. The quantitative estimate of drug-likeness (QED) is 0.815. The van der Waals surface area contributed by atoms with Gasteiger partial charge in [-0.15, -0.1) is 0 Å². The molecule has 0 amide bonds. The van der Waals surface area contributed by atoms with E-state index < -0.39 is 9.84 Å². The van der Waals surface area contributed by atoms with Crippen molar-refractivity contribution in [3.8, 4) is 0 Å². The molecule has 0 spiro atoms. The smallest absolute Gasteiger partial charge is 0.267 e. The summed E-state index contributed by atoms with van der Waals surface area (Å²) in [5.41, 5.74) is -0.175. The van der Waals surface area contributed by atoms with Gasteiger partial charge in [0, 0.05) is 18.5 Å². The van der Waals surface area contributed by atoms with E-state index in [1.54, 1.807) is 13.8 Å². The zero-order valence-electron chi connectivity index (χ0n) is 9.81. The number of halogens is 1. The Morgan fingerprint density at radius 3 is 2.71 bits per heavy atom. The van der Waals surface area contributed by atoms with Gasteiger partial charge in [0.1, 0.15) is 20.1 Å². The third-order valence-corrected chi connectivity index (χ3v) is 4.82. The monoisotopic (exact) mass is 322 g/mol. The van der Waals surface area contributed by atoms with Crippen LogP contribution in [0.5, 0.6) is 0 Å². The predicted octanol–water partition coefficient (Wildman–Crippen LogP) is 1.14. The van der Waals surface area contributed by atoms with E-state index in [1.807, 2.05) is 0 Å². The van der Waals surface area contributed by atoms with Gasteiger partial charge >= 0.3 is 0 Å². The van der Waals surface area contributed by atoms with Crippen LogP contribution < -0.4 is 5.56 Å². The lowest BCUT2D eigenvalue weighted by atomic mass is 10.4. The van der Waals surface area contributed by atoms with E-state index in [0.717, 1.165) is 0 Å². The van der Waals surface area contributed by atoms with E-state index in [2.05, 4.69) is 20.9 Å².